The number of aromatic nitrogens is 1. The maximum absolute atomic E-state index is 10.5. The van der Waals surface area contributed by atoms with Crippen LogP contribution in [0.5, 0.6) is 0 Å². The van der Waals surface area contributed by atoms with Crippen molar-refractivity contribution in [2.75, 3.05) is 39.8 Å². The molecule has 0 unspecified atom stereocenters. The van der Waals surface area contributed by atoms with E-state index >= 15 is 0 Å². The van der Waals surface area contributed by atoms with Crippen LogP contribution in [-0.2, 0) is 6.54 Å². The second-order valence-corrected chi connectivity index (χ2v) is 6.60. The van der Waals surface area contributed by atoms with Crippen LogP contribution >= 0.6 is 0 Å². The van der Waals surface area contributed by atoms with Crippen molar-refractivity contribution in [3.05, 3.63) is 35.5 Å². The highest BCUT2D eigenvalue weighted by molar-refractivity contribution is 5.85. The van der Waals surface area contributed by atoms with Crippen LogP contribution in [0, 0.1) is 13.8 Å². The van der Waals surface area contributed by atoms with Crippen molar-refractivity contribution in [2.45, 2.75) is 26.5 Å². The number of aliphatic hydroxyl groups excluding tert-OH is 1. The molecule has 0 radical (unpaired) electrons. The van der Waals surface area contributed by atoms with E-state index in [1.165, 1.54) is 22.2 Å². The summed E-state index contributed by atoms with van der Waals surface area (Å²) in [7, 11) is 2.16. The van der Waals surface area contributed by atoms with Crippen LogP contribution in [0.25, 0.3) is 10.9 Å². The molecule has 4 nitrogen and oxygen atoms in total. The predicted molar refractivity (Wildman–Crippen MR) is 91.4 cm³/mol. The van der Waals surface area contributed by atoms with Crippen molar-refractivity contribution in [3.63, 3.8) is 0 Å². The zero-order valence-corrected chi connectivity index (χ0v) is 13.9. The number of nitrogens with zero attached hydrogens (tertiary/aromatic N) is 3. The number of rotatable bonds is 4. The van der Waals surface area contributed by atoms with Crippen LogP contribution in [0.3, 0.4) is 0 Å². The molecule has 120 valence electrons. The van der Waals surface area contributed by atoms with Gasteiger partial charge in [-0.05, 0) is 32.5 Å². The average Bonchev–Trinajstić information content (AvgIpc) is 2.75. The van der Waals surface area contributed by atoms with E-state index in [1.807, 2.05) is 0 Å². The lowest BCUT2D eigenvalue weighted by atomic mass is 10.2. The normalized spacial score (nSPS) is 18.9. The zero-order chi connectivity index (χ0) is 15.7. The third kappa shape index (κ3) is 3.05. The Kier molecular flexibility index (Phi) is 4.52. The van der Waals surface area contributed by atoms with Crippen LogP contribution in [-0.4, -0.2) is 65.3 Å². The molecule has 0 saturated carbocycles. The maximum Gasteiger partial charge on any atom is 0.0845 e. The summed E-state index contributed by atoms with van der Waals surface area (Å²) in [6, 6.07) is 8.48. The first-order chi connectivity index (χ1) is 10.6. The molecule has 1 N–H and O–H groups in total. The molecule has 1 aliphatic heterocycles. The van der Waals surface area contributed by atoms with Gasteiger partial charge in [0.2, 0.25) is 0 Å². The molecule has 1 aromatic carbocycles. The Balaban J connectivity index is 1.71. The van der Waals surface area contributed by atoms with Gasteiger partial charge in [0.05, 0.1) is 12.6 Å². The largest absolute Gasteiger partial charge is 0.390 e. The summed E-state index contributed by atoms with van der Waals surface area (Å²) in [5.41, 5.74) is 3.82. The minimum absolute atomic E-state index is 0.322. The lowest BCUT2D eigenvalue weighted by molar-refractivity contribution is 0.0714. The van der Waals surface area contributed by atoms with Crippen LogP contribution in [0.15, 0.2) is 24.3 Å². The van der Waals surface area contributed by atoms with Crippen molar-refractivity contribution in [1.29, 1.82) is 0 Å². The molecule has 1 saturated heterocycles. The molecule has 1 atom stereocenters. The molecule has 0 spiro atoms. The molecular formula is C18H27N3O. The van der Waals surface area contributed by atoms with Gasteiger partial charge >= 0.3 is 0 Å². The Morgan fingerprint density at radius 3 is 2.45 bits per heavy atom. The van der Waals surface area contributed by atoms with E-state index in [9.17, 15) is 5.11 Å². The molecule has 2 aromatic rings. The van der Waals surface area contributed by atoms with Gasteiger partial charge in [-0.2, -0.15) is 0 Å². The van der Waals surface area contributed by atoms with Crippen LogP contribution in [0.1, 0.15) is 11.3 Å². The van der Waals surface area contributed by atoms with Crippen molar-refractivity contribution in [1.82, 2.24) is 14.4 Å². The number of aliphatic hydroxyl groups is 1. The zero-order valence-electron chi connectivity index (χ0n) is 13.9. The van der Waals surface area contributed by atoms with Gasteiger partial charge in [-0.3, -0.25) is 4.90 Å². The second-order valence-electron chi connectivity index (χ2n) is 6.60. The molecule has 2 heterocycles. The number of benzene rings is 1. The Hall–Kier alpha value is -1.36. The molecule has 3 rings (SSSR count). The van der Waals surface area contributed by atoms with Gasteiger partial charge in [0.15, 0.2) is 0 Å². The lowest BCUT2D eigenvalue weighted by Gasteiger charge is -2.33. The first-order valence-corrected chi connectivity index (χ1v) is 8.19. The summed E-state index contributed by atoms with van der Waals surface area (Å²) in [5, 5.41) is 11.8. The van der Waals surface area contributed by atoms with E-state index in [0.717, 1.165) is 32.7 Å². The van der Waals surface area contributed by atoms with E-state index in [4.69, 9.17) is 0 Å². The van der Waals surface area contributed by atoms with Crippen LogP contribution in [0.2, 0.25) is 0 Å². The fourth-order valence-electron chi connectivity index (χ4n) is 3.44. The number of aryl methyl sites for hydroxylation is 1. The number of fused-ring (bicyclic) bond motifs is 1. The van der Waals surface area contributed by atoms with E-state index in [1.54, 1.807) is 0 Å². The van der Waals surface area contributed by atoms with Gasteiger partial charge in [0.25, 0.3) is 0 Å². The third-order valence-corrected chi connectivity index (χ3v) is 5.00. The highest BCUT2D eigenvalue weighted by atomic mass is 16.3. The van der Waals surface area contributed by atoms with Crippen molar-refractivity contribution >= 4 is 10.9 Å². The number of piperazine rings is 1. The number of hydrogen-bond donors (Lipinski definition) is 1. The minimum Gasteiger partial charge on any atom is -0.390 e. The average molecular weight is 301 g/mol. The highest BCUT2D eigenvalue weighted by Gasteiger charge is 2.19. The molecule has 0 aliphatic carbocycles. The summed E-state index contributed by atoms with van der Waals surface area (Å²) in [5.74, 6) is 0. The highest BCUT2D eigenvalue weighted by Crippen LogP contribution is 2.25. The summed E-state index contributed by atoms with van der Waals surface area (Å²) < 4.78 is 2.27. The summed E-state index contributed by atoms with van der Waals surface area (Å²) >= 11 is 0. The van der Waals surface area contributed by atoms with Gasteiger partial charge in [-0.15, -0.1) is 0 Å². The Bertz CT molecular complexity index is 641. The Labute approximate surface area is 132 Å². The number of likely N-dealkylation sites (N-methyl/N-ethyl adjacent to an activating group) is 1. The van der Waals surface area contributed by atoms with Gasteiger partial charge < -0.3 is 14.6 Å². The summed E-state index contributed by atoms with van der Waals surface area (Å²) in [6.07, 6.45) is -0.322. The van der Waals surface area contributed by atoms with Gasteiger partial charge in [-0.1, -0.05) is 18.2 Å². The van der Waals surface area contributed by atoms with Gasteiger partial charge in [0, 0.05) is 49.3 Å². The van der Waals surface area contributed by atoms with Crippen molar-refractivity contribution in [2.24, 2.45) is 0 Å². The third-order valence-electron chi connectivity index (χ3n) is 5.00. The van der Waals surface area contributed by atoms with E-state index < -0.39 is 0 Å². The minimum atomic E-state index is -0.322. The van der Waals surface area contributed by atoms with Crippen LogP contribution < -0.4 is 0 Å². The quantitative estimate of drug-likeness (QED) is 0.935. The molecule has 1 aliphatic rings. The topological polar surface area (TPSA) is 31.6 Å². The Morgan fingerprint density at radius 1 is 1.05 bits per heavy atom. The van der Waals surface area contributed by atoms with Crippen LogP contribution in [0.4, 0.5) is 0 Å². The molecule has 0 amide bonds. The van der Waals surface area contributed by atoms with Crippen molar-refractivity contribution < 1.29 is 5.11 Å². The summed E-state index contributed by atoms with van der Waals surface area (Å²) in [6.45, 7) is 10.1. The molecular weight excluding hydrogens is 274 g/mol. The fourth-order valence-corrected chi connectivity index (χ4v) is 3.44. The number of para-hydroxylation sites is 1. The first kappa shape index (κ1) is 15.5. The van der Waals surface area contributed by atoms with E-state index in [2.05, 4.69) is 59.5 Å². The maximum atomic E-state index is 10.5. The summed E-state index contributed by atoms with van der Waals surface area (Å²) in [4.78, 5) is 4.72. The smallest absolute Gasteiger partial charge is 0.0845 e. The van der Waals surface area contributed by atoms with E-state index in [-0.39, 0.29) is 6.10 Å². The lowest BCUT2D eigenvalue weighted by Crippen LogP contribution is -2.47. The first-order valence-electron chi connectivity index (χ1n) is 8.19. The predicted octanol–water partition coefficient (Wildman–Crippen LogP) is 1.87. The fraction of sp³-hybridized carbons (Fsp3) is 0.556. The molecule has 22 heavy (non-hydrogen) atoms. The van der Waals surface area contributed by atoms with Crippen molar-refractivity contribution in [3.8, 4) is 0 Å². The molecule has 1 fully saturated rings. The standard InChI is InChI=1S/C18H27N3O/c1-14-15(2)21(18-7-5-4-6-17(14)18)13-16(22)12-20-10-8-19(3)9-11-20/h4-7,16,22H,8-13H2,1-3H3/t16-/m1/s1. The van der Waals surface area contributed by atoms with E-state index in [0.29, 0.717) is 6.54 Å². The molecule has 1 aromatic heterocycles. The monoisotopic (exact) mass is 301 g/mol. The molecule has 4 heteroatoms. The molecule has 0 bridgehead atoms. The van der Waals surface area contributed by atoms with Gasteiger partial charge in [0.1, 0.15) is 0 Å². The SMILES string of the molecule is Cc1c(C)n(C[C@H](O)CN2CCN(C)CC2)c2ccccc12. The number of β-amino-alcohol motifs (C(OH)–C–C–N with tert-alkyl or cyclic N) is 1. The van der Waals surface area contributed by atoms with Gasteiger partial charge in [-0.25, -0.2) is 0 Å². The Morgan fingerprint density at radius 2 is 1.73 bits per heavy atom. The number of hydrogen-bond acceptors (Lipinski definition) is 3. The second kappa shape index (κ2) is 6.41.